The third kappa shape index (κ3) is 6.74. The van der Waals surface area contributed by atoms with E-state index in [4.69, 9.17) is 4.74 Å². The first-order valence-electron chi connectivity index (χ1n) is 8.86. The largest absolute Gasteiger partial charge is 0.450 e. The number of hydrogen-bond acceptors (Lipinski definition) is 4. The lowest BCUT2D eigenvalue weighted by Crippen LogP contribution is -2.48. The Morgan fingerprint density at radius 2 is 1.74 bits per heavy atom. The second kappa shape index (κ2) is 9.59. The molecule has 1 aliphatic heterocycles. The molecule has 1 N–H and O–H groups in total. The number of alkyl carbamates (subject to hydrolysis) is 1. The Bertz CT molecular complexity index is 627. The minimum absolute atomic E-state index is 0.0408. The second-order valence-corrected chi connectivity index (χ2v) is 6.25. The quantitative estimate of drug-likeness (QED) is 0.815. The average Bonchev–Trinajstić information content (AvgIpc) is 2.62. The van der Waals surface area contributed by atoms with Crippen molar-refractivity contribution in [3.05, 3.63) is 35.4 Å². The molecular weight excluding hydrogens is 363 g/mol. The average molecular weight is 387 g/mol. The molecule has 27 heavy (non-hydrogen) atoms. The first kappa shape index (κ1) is 21.0. The standard InChI is InChI=1S/C18H24F3N3O3/c1-2-27-17(26)22-8-7-16(25)24-11-9-23(10-12-24)13-14-3-5-15(6-4-14)18(19,20)21/h3-6H,2,7-13H2,1H3,(H,22,26). The molecule has 0 atom stereocenters. The molecule has 0 radical (unpaired) electrons. The van der Waals surface area contributed by atoms with E-state index in [1.807, 2.05) is 0 Å². The van der Waals surface area contributed by atoms with Crippen LogP contribution in [-0.4, -0.2) is 61.1 Å². The van der Waals surface area contributed by atoms with Gasteiger partial charge in [-0.3, -0.25) is 9.69 Å². The number of nitrogens with zero attached hydrogens (tertiary/aromatic N) is 2. The maximum absolute atomic E-state index is 12.6. The van der Waals surface area contributed by atoms with Crippen LogP contribution in [0, 0.1) is 0 Å². The predicted octanol–water partition coefficient (Wildman–Crippen LogP) is 2.49. The highest BCUT2D eigenvalue weighted by molar-refractivity contribution is 5.77. The second-order valence-electron chi connectivity index (χ2n) is 6.25. The Labute approximate surface area is 156 Å². The number of ether oxygens (including phenoxy) is 1. The van der Waals surface area contributed by atoms with E-state index < -0.39 is 17.8 Å². The normalized spacial score (nSPS) is 15.5. The first-order chi connectivity index (χ1) is 12.8. The molecule has 0 saturated carbocycles. The summed E-state index contributed by atoms with van der Waals surface area (Å²) in [5, 5.41) is 2.51. The van der Waals surface area contributed by atoms with Crippen LogP contribution in [0.1, 0.15) is 24.5 Å². The van der Waals surface area contributed by atoms with Crippen molar-refractivity contribution in [3.8, 4) is 0 Å². The summed E-state index contributed by atoms with van der Waals surface area (Å²) in [5.41, 5.74) is 0.152. The summed E-state index contributed by atoms with van der Waals surface area (Å²) in [6.45, 7) is 5.16. The van der Waals surface area contributed by atoms with E-state index >= 15 is 0 Å². The van der Waals surface area contributed by atoms with Crippen LogP contribution < -0.4 is 5.32 Å². The number of benzene rings is 1. The maximum atomic E-state index is 12.6. The van der Waals surface area contributed by atoms with Crippen molar-refractivity contribution in [2.24, 2.45) is 0 Å². The molecule has 1 heterocycles. The Kier molecular flexibility index (Phi) is 7.46. The molecule has 1 aromatic carbocycles. The highest BCUT2D eigenvalue weighted by atomic mass is 19.4. The van der Waals surface area contributed by atoms with Crippen molar-refractivity contribution in [1.29, 1.82) is 0 Å². The topological polar surface area (TPSA) is 61.9 Å². The molecule has 1 aliphatic rings. The van der Waals surface area contributed by atoms with Gasteiger partial charge in [-0.05, 0) is 24.6 Å². The summed E-state index contributed by atoms with van der Waals surface area (Å²) >= 11 is 0. The van der Waals surface area contributed by atoms with E-state index in [1.54, 1.807) is 11.8 Å². The Balaban J connectivity index is 1.72. The van der Waals surface area contributed by atoms with Gasteiger partial charge in [0.15, 0.2) is 0 Å². The van der Waals surface area contributed by atoms with Crippen molar-refractivity contribution in [2.75, 3.05) is 39.3 Å². The number of amides is 2. The van der Waals surface area contributed by atoms with Crippen LogP contribution >= 0.6 is 0 Å². The lowest BCUT2D eigenvalue weighted by Gasteiger charge is -2.34. The fraction of sp³-hybridized carbons (Fsp3) is 0.556. The minimum atomic E-state index is -4.33. The minimum Gasteiger partial charge on any atom is -0.450 e. The van der Waals surface area contributed by atoms with Gasteiger partial charge in [0.25, 0.3) is 0 Å². The van der Waals surface area contributed by atoms with E-state index in [2.05, 4.69) is 10.2 Å². The number of nitrogens with one attached hydrogen (secondary N) is 1. The zero-order chi connectivity index (χ0) is 19.9. The third-order valence-corrected chi connectivity index (χ3v) is 4.30. The van der Waals surface area contributed by atoms with Gasteiger partial charge in [-0.1, -0.05) is 12.1 Å². The summed E-state index contributed by atoms with van der Waals surface area (Å²) in [7, 11) is 0. The molecule has 1 aromatic rings. The van der Waals surface area contributed by atoms with Crippen molar-refractivity contribution < 1.29 is 27.5 Å². The van der Waals surface area contributed by atoms with Crippen LogP contribution in [0.15, 0.2) is 24.3 Å². The number of halogens is 3. The molecule has 0 spiro atoms. The van der Waals surface area contributed by atoms with Crippen molar-refractivity contribution >= 4 is 12.0 Å². The molecule has 0 unspecified atom stereocenters. The molecule has 2 rings (SSSR count). The molecule has 0 aliphatic carbocycles. The first-order valence-corrected chi connectivity index (χ1v) is 8.86. The van der Waals surface area contributed by atoms with Gasteiger partial charge in [0, 0.05) is 45.7 Å². The predicted molar refractivity (Wildman–Crippen MR) is 92.9 cm³/mol. The summed E-state index contributed by atoms with van der Waals surface area (Å²) in [6, 6.07) is 5.15. The van der Waals surface area contributed by atoms with Crippen molar-refractivity contribution in [3.63, 3.8) is 0 Å². The van der Waals surface area contributed by atoms with Crippen LogP contribution in [0.5, 0.6) is 0 Å². The van der Waals surface area contributed by atoms with Crippen molar-refractivity contribution in [1.82, 2.24) is 15.1 Å². The molecule has 0 aromatic heterocycles. The van der Waals surface area contributed by atoms with Crippen molar-refractivity contribution in [2.45, 2.75) is 26.1 Å². The SMILES string of the molecule is CCOC(=O)NCCC(=O)N1CCN(Cc2ccc(C(F)(F)F)cc2)CC1. The van der Waals surface area contributed by atoms with E-state index in [0.717, 1.165) is 17.7 Å². The Morgan fingerprint density at radius 1 is 1.11 bits per heavy atom. The number of carbonyl (C=O) groups excluding carboxylic acids is 2. The van der Waals surface area contributed by atoms with Crippen LogP contribution in [0.25, 0.3) is 0 Å². The van der Waals surface area contributed by atoms with Gasteiger partial charge in [0.05, 0.1) is 12.2 Å². The molecule has 6 nitrogen and oxygen atoms in total. The Hall–Kier alpha value is -2.29. The van der Waals surface area contributed by atoms with Gasteiger partial charge in [0.2, 0.25) is 5.91 Å². The lowest BCUT2D eigenvalue weighted by atomic mass is 10.1. The molecular formula is C18H24F3N3O3. The van der Waals surface area contributed by atoms with E-state index in [9.17, 15) is 22.8 Å². The molecule has 2 amide bonds. The summed E-state index contributed by atoms with van der Waals surface area (Å²) in [5.74, 6) is -0.0408. The smallest absolute Gasteiger partial charge is 0.416 e. The fourth-order valence-electron chi connectivity index (χ4n) is 2.82. The Morgan fingerprint density at radius 3 is 2.30 bits per heavy atom. The number of hydrogen-bond donors (Lipinski definition) is 1. The highest BCUT2D eigenvalue weighted by Crippen LogP contribution is 2.29. The van der Waals surface area contributed by atoms with Gasteiger partial charge >= 0.3 is 12.3 Å². The van der Waals surface area contributed by atoms with Crippen LogP contribution in [0.4, 0.5) is 18.0 Å². The number of piperazine rings is 1. The number of alkyl halides is 3. The molecule has 0 bridgehead atoms. The molecule has 9 heteroatoms. The van der Waals surface area contributed by atoms with E-state index in [0.29, 0.717) is 32.7 Å². The number of rotatable bonds is 6. The fourth-order valence-corrected chi connectivity index (χ4v) is 2.82. The summed E-state index contributed by atoms with van der Waals surface area (Å²) in [4.78, 5) is 27.1. The van der Waals surface area contributed by atoms with Crippen LogP contribution in [0.3, 0.4) is 0 Å². The highest BCUT2D eigenvalue weighted by Gasteiger charge is 2.30. The molecule has 1 fully saturated rings. The summed E-state index contributed by atoms with van der Waals surface area (Å²) in [6.07, 6.45) is -4.66. The zero-order valence-electron chi connectivity index (χ0n) is 15.2. The van der Waals surface area contributed by atoms with Gasteiger partial charge in [0.1, 0.15) is 0 Å². The van der Waals surface area contributed by atoms with Gasteiger partial charge in [-0.15, -0.1) is 0 Å². The molecule has 1 saturated heterocycles. The van der Waals surface area contributed by atoms with Crippen LogP contribution in [0.2, 0.25) is 0 Å². The van der Waals surface area contributed by atoms with E-state index in [-0.39, 0.29) is 25.5 Å². The lowest BCUT2D eigenvalue weighted by molar-refractivity contribution is -0.137. The zero-order valence-corrected chi connectivity index (χ0v) is 15.2. The van der Waals surface area contributed by atoms with Crippen LogP contribution in [-0.2, 0) is 22.3 Å². The van der Waals surface area contributed by atoms with Gasteiger partial charge < -0.3 is 15.0 Å². The van der Waals surface area contributed by atoms with E-state index in [1.165, 1.54) is 12.1 Å². The number of carbonyl (C=O) groups is 2. The van der Waals surface area contributed by atoms with Gasteiger partial charge in [-0.25, -0.2) is 4.79 Å². The van der Waals surface area contributed by atoms with Gasteiger partial charge in [-0.2, -0.15) is 13.2 Å². The maximum Gasteiger partial charge on any atom is 0.416 e. The third-order valence-electron chi connectivity index (χ3n) is 4.30. The summed E-state index contributed by atoms with van der Waals surface area (Å²) < 4.78 is 42.5. The molecule has 150 valence electrons. The monoisotopic (exact) mass is 387 g/mol.